The first kappa shape index (κ1) is 57.3. The maximum absolute atomic E-state index is 13.5. The van der Waals surface area contributed by atoms with Crippen LogP contribution in [-0.2, 0) is 32.3 Å². The molecule has 0 saturated carbocycles. The monoisotopic (exact) mass is 1060 g/mol. The number of ether oxygens (including phenoxy) is 3. The molecule has 2 saturated heterocycles. The van der Waals surface area contributed by atoms with Crippen LogP contribution in [0.3, 0.4) is 0 Å². The molecule has 2 aliphatic heterocycles. The molecular weight excluding hydrogens is 991 g/mol. The molecule has 2 fully saturated rings. The van der Waals surface area contributed by atoms with Gasteiger partial charge in [-0.25, -0.2) is 9.97 Å². The van der Waals surface area contributed by atoms with Crippen LogP contribution < -0.4 is 20.3 Å². The third-order valence-electron chi connectivity index (χ3n) is 12.9. The highest BCUT2D eigenvalue weighted by Crippen LogP contribution is 2.37. The quantitative estimate of drug-likeness (QED) is 0.0191. The van der Waals surface area contributed by atoms with Gasteiger partial charge >= 0.3 is 0 Å². The first-order valence-corrected chi connectivity index (χ1v) is 27.5. The molecule has 2 aliphatic rings. The van der Waals surface area contributed by atoms with Crippen molar-refractivity contribution in [3.63, 3.8) is 0 Å². The second-order valence-electron chi connectivity index (χ2n) is 18.5. The number of fused-ring (bicyclic) bond motifs is 3. The molecule has 2 amide bonds. The maximum atomic E-state index is 13.5. The van der Waals surface area contributed by atoms with E-state index in [1.165, 1.54) is 11.8 Å². The normalized spacial score (nSPS) is 14.4. The molecule has 404 valence electrons. The zero-order valence-corrected chi connectivity index (χ0v) is 45.7. The second-order valence-corrected chi connectivity index (χ2v) is 19.5. The van der Waals surface area contributed by atoms with Crippen molar-refractivity contribution < 1.29 is 33.0 Å². The van der Waals surface area contributed by atoms with E-state index in [2.05, 4.69) is 28.3 Å². The molecule has 0 spiro atoms. The van der Waals surface area contributed by atoms with Gasteiger partial charge in [-0.05, 0) is 119 Å². The summed E-state index contributed by atoms with van der Waals surface area (Å²) in [6.45, 7) is 10.6. The molecule has 7 aromatic rings. The molecule has 15 nitrogen and oxygen atoms in total. The molecule has 3 aromatic heterocycles. The Morgan fingerprint density at radius 3 is 2.25 bits per heavy atom. The lowest BCUT2D eigenvalue weighted by Gasteiger charge is -2.32. The van der Waals surface area contributed by atoms with Crippen molar-refractivity contribution in [2.24, 2.45) is 0 Å². The number of thioether (sulfide) groups is 1. The van der Waals surface area contributed by atoms with E-state index in [0.29, 0.717) is 78.5 Å². The Hall–Kier alpha value is -7.40. The first-order chi connectivity index (χ1) is 37.7. The highest BCUT2D eigenvalue weighted by molar-refractivity contribution is 8.00. The Morgan fingerprint density at radius 1 is 0.831 bits per heavy atom. The fourth-order valence-corrected chi connectivity index (χ4v) is 10.1. The van der Waals surface area contributed by atoms with Crippen LogP contribution in [0.4, 0.5) is 0 Å². The summed E-state index contributed by atoms with van der Waals surface area (Å²) in [4.78, 5) is 67.0. The van der Waals surface area contributed by atoms with E-state index in [-0.39, 0.29) is 36.3 Å². The van der Waals surface area contributed by atoms with E-state index in [1.807, 2.05) is 159 Å². The fourth-order valence-electron chi connectivity index (χ4n) is 8.87. The third-order valence-corrected chi connectivity index (χ3v) is 14.1. The Bertz CT molecular complexity index is 3180. The highest BCUT2D eigenvalue weighted by Gasteiger charge is 2.30. The van der Waals surface area contributed by atoms with Crippen molar-refractivity contribution in [3.8, 4) is 11.5 Å². The Morgan fingerprint density at radius 2 is 1.56 bits per heavy atom. The molecule has 1 unspecified atom stereocenters. The minimum absolute atomic E-state index is 0.0397. The number of carbonyl (C=O) groups excluding carboxylic acids is 3. The lowest BCUT2D eigenvalue weighted by atomic mass is 10.1. The standard InChI is InChI=1S/C33H39N3O6.C26H25N3O2S.C2H7N/c1-3-5-6-7-9-25(4-2)33-35-30-22-28(13-14-31(30)42-33)41-24-26-11-12-29(23-34-26)40-21-20-39-27-15-17-36(18-16-27)32(38)10-8-19-37;1-2-29-24(30)21-16-19-12-6-7-13-20(19)17-22(21)27-26(29)32-23(18-10-4-3-5-11-18)25(31)28-14-8-9-15-28;1-3-2/h4-7,9,11-14,19,22-23,27H,3,8,10,15-18,20-21,24H2,1-2H3;3-7,10-13,16-17,23H,2,8-9,14-15H2,1H3;3H,1-2H3/b6-5-,9-7-,25-4+;;. The number of benzene rings is 4. The number of carbonyl (C=O) groups is 3. The van der Waals surface area contributed by atoms with Gasteiger partial charge in [0.1, 0.15) is 41.8 Å². The first-order valence-electron chi connectivity index (χ1n) is 26.6. The van der Waals surface area contributed by atoms with Gasteiger partial charge in [-0.15, -0.1) is 0 Å². The summed E-state index contributed by atoms with van der Waals surface area (Å²) in [6.07, 6.45) is 17.8. The minimum Gasteiger partial charge on any atom is -0.490 e. The topological polar surface area (TPSA) is 171 Å². The van der Waals surface area contributed by atoms with Gasteiger partial charge in [0.2, 0.25) is 17.7 Å². The number of likely N-dealkylation sites (tertiary alicyclic amines) is 2. The van der Waals surface area contributed by atoms with Crippen molar-refractivity contribution in [2.45, 2.75) is 95.4 Å². The number of pyridine rings is 1. The average Bonchev–Trinajstić information content (AvgIpc) is 4.17. The molecule has 1 N–H and O–H groups in total. The number of nitrogens with one attached hydrogen (secondary N) is 1. The molecule has 77 heavy (non-hydrogen) atoms. The molecule has 1 atom stereocenters. The molecule has 5 heterocycles. The summed E-state index contributed by atoms with van der Waals surface area (Å²) in [5, 5.41) is 5.58. The van der Waals surface area contributed by atoms with Crippen LogP contribution in [0, 0.1) is 0 Å². The highest BCUT2D eigenvalue weighted by atomic mass is 32.2. The molecule has 0 radical (unpaired) electrons. The van der Waals surface area contributed by atoms with Crippen molar-refractivity contribution in [1.82, 2.24) is 34.6 Å². The van der Waals surface area contributed by atoms with Crippen molar-refractivity contribution in [3.05, 3.63) is 161 Å². The van der Waals surface area contributed by atoms with E-state index in [4.69, 9.17) is 23.6 Å². The van der Waals surface area contributed by atoms with Gasteiger partial charge < -0.3 is 38.5 Å². The Kier molecular flexibility index (Phi) is 22.2. The minimum atomic E-state index is -0.433. The number of rotatable bonds is 20. The molecule has 0 bridgehead atoms. The fraction of sp³-hybridized carbons (Fsp3) is 0.361. The van der Waals surface area contributed by atoms with Gasteiger partial charge in [0.25, 0.3) is 5.56 Å². The number of hydrogen-bond donors (Lipinski definition) is 1. The predicted molar refractivity (Wildman–Crippen MR) is 306 cm³/mol. The van der Waals surface area contributed by atoms with E-state index < -0.39 is 5.25 Å². The van der Waals surface area contributed by atoms with Crippen molar-refractivity contribution in [2.75, 3.05) is 53.5 Å². The van der Waals surface area contributed by atoms with Gasteiger partial charge in [-0.3, -0.25) is 23.9 Å². The number of aromatic nitrogens is 4. The van der Waals surface area contributed by atoms with E-state index in [0.717, 1.165) is 84.6 Å². The molecular formula is C61H71N7O8S. The zero-order valence-electron chi connectivity index (χ0n) is 44.9. The summed E-state index contributed by atoms with van der Waals surface area (Å²) in [6, 6.07) is 31.0. The van der Waals surface area contributed by atoms with E-state index >= 15 is 0 Å². The second kappa shape index (κ2) is 29.8. The van der Waals surface area contributed by atoms with Crippen molar-refractivity contribution in [1.29, 1.82) is 0 Å². The summed E-state index contributed by atoms with van der Waals surface area (Å²) in [7, 11) is 3.75. The van der Waals surface area contributed by atoms with Crippen LogP contribution in [-0.4, -0.2) is 107 Å². The Labute approximate surface area is 455 Å². The van der Waals surface area contributed by atoms with Crippen LogP contribution in [0.1, 0.15) is 88.1 Å². The lowest BCUT2D eigenvalue weighted by molar-refractivity contribution is -0.134. The average molecular weight is 1060 g/mol. The van der Waals surface area contributed by atoms with E-state index in [9.17, 15) is 19.2 Å². The lowest BCUT2D eigenvalue weighted by Crippen LogP contribution is -2.41. The largest absolute Gasteiger partial charge is 0.490 e. The van der Waals surface area contributed by atoms with Crippen LogP contribution in [0.2, 0.25) is 0 Å². The molecule has 9 rings (SSSR count). The maximum Gasteiger partial charge on any atom is 0.262 e. The number of aldehydes is 1. The third kappa shape index (κ3) is 16.1. The number of allylic oxidation sites excluding steroid dienone is 6. The molecule has 16 heteroatoms. The van der Waals surface area contributed by atoms with Gasteiger partial charge in [-0.1, -0.05) is 97.6 Å². The molecule has 4 aromatic carbocycles. The summed E-state index contributed by atoms with van der Waals surface area (Å²) < 4.78 is 25.3. The zero-order chi connectivity index (χ0) is 54.4. The van der Waals surface area contributed by atoms with Crippen molar-refractivity contribution >= 4 is 68.2 Å². The van der Waals surface area contributed by atoms with E-state index in [1.54, 1.807) is 10.8 Å². The predicted octanol–water partition coefficient (Wildman–Crippen LogP) is 11.0. The number of hydrogen-bond acceptors (Lipinski definition) is 13. The summed E-state index contributed by atoms with van der Waals surface area (Å²) in [5.74, 6) is 2.04. The number of amides is 2. The number of nitrogens with zero attached hydrogens (tertiary/aromatic N) is 6. The van der Waals surface area contributed by atoms with Gasteiger partial charge in [-0.2, -0.15) is 0 Å². The van der Waals surface area contributed by atoms with Gasteiger partial charge in [0.15, 0.2) is 10.7 Å². The number of oxazole rings is 1. The summed E-state index contributed by atoms with van der Waals surface area (Å²) in [5.41, 5.74) is 4.65. The van der Waals surface area contributed by atoms with Crippen LogP contribution in [0.5, 0.6) is 11.5 Å². The smallest absolute Gasteiger partial charge is 0.262 e. The Balaban J connectivity index is 0.000000219. The van der Waals surface area contributed by atoms with Crippen LogP contribution >= 0.6 is 11.8 Å². The van der Waals surface area contributed by atoms with Crippen LogP contribution in [0.15, 0.2) is 148 Å². The van der Waals surface area contributed by atoms with Crippen LogP contribution in [0.25, 0.3) is 38.3 Å². The van der Waals surface area contributed by atoms with Gasteiger partial charge in [0, 0.05) is 57.2 Å². The summed E-state index contributed by atoms with van der Waals surface area (Å²) >= 11 is 1.38. The SMILES string of the molecule is CCn1c(SC(C(=O)N2CCCC2)c2ccccc2)nc2cc3ccccc3cc2c1=O.CNC.C\C=C(/C=C\C=C/CC)c1nc2cc(OCc3ccc(OCCOC4CCN(C(=O)CCC=O)CC4)cn3)ccc2o1. The van der Waals surface area contributed by atoms with Gasteiger partial charge in [0.05, 0.1) is 35.5 Å². The number of piperidine rings is 1. The molecule has 0 aliphatic carbocycles.